The zero-order chi connectivity index (χ0) is 21.2. The lowest BCUT2D eigenvalue weighted by Gasteiger charge is -2.12. The average Bonchev–Trinajstić information content (AvgIpc) is 3.14. The average molecular weight is 406 g/mol. The molecule has 2 amide bonds. The van der Waals surface area contributed by atoms with Gasteiger partial charge in [-0.25, -0.2) is 9.78 Å². The molecule has 12 heteroatoms. The Hall–Kier alpha value is -3.96. The van der Waals surface area contributed by atoms with Crippen molar-refractivity contribution in [3.8, 4) is 5.82 Å². The number of nitrogens with zero attached hydrogens (tertiary/aromatic N) is 3. The molecule has 9 nitrogen and oxygen atoms in total. The van der Waals surface area contributed by atoms with Crippen LogP contribution in [0.25, 0.3) is 5.82 Å². The van der Waals surface area contributed by atoms with Gasteiger partial charge in [0, 0.05) is 24.4 Å². The molecule has 0 saturated heterocycles. The molecule has 29 heavy (non-hydrogen) atoms. The SMILES string of the molecule is CNC(=O)c1ccc(NC(=O)c2cnn(-c3ccc(=O)[nH]n3)c2C(F)(F)F)cc1. The second-order valence-electron chi connectivity index (χ2n) is 5.71. The van der Waals surface area contributed by atoms with Gasteiger partial charge in [0.15, 0.2) is 11.5 Å². The van der Waals surface area contributed by atoms with Crippen molar-refractivity contribution in [2.45, 2.75) is 6.18 Å². The number of amides is 2. The fraction of sp³-hybridized carbons (Fsp3) is 0.118. The molecule has 0 spiro atoms. The van der Waals surface area contributed by atoms with E-state index in [1.54, 1.807) is 0 Å². The molecule has 150 valence electrons. The maximum atomic E-state index is 13.6. The van der Waals surface area contributed by atoms with E-state index in [-0.39, 0.29) is 17.4 Å². The largest absolute Gasteiger partial charge is 0.434 e. The summed E-state index contributed by atoms with van der Waals surface area (Å²) in [6.45, 7) is 0. The van der Waals surface area contributed by atoms with E-state index in [0.29, 0.717) is 10.2 Å². The summed E-state index contributed by atoms with van der Waals surface area (Å²) >= 11 is 0. The number of anilines is 1. The number of hydrogen-bond donors (Lipinski definition) is 3. The smallest absolute Gasteiger partial charge is 0.355 e. The van der Waals surface area contributed by atoms with Gasteiger partial charge in [-0.05, 0) is 30.3 Å². The summed E-state index contributed by atoms with van der Waals surface area (Å²) in [5.74, 6) is -1.72. The van der Waals surface area contributed by atoms with E-state index in [4.69, 9.17) is 0 Å². The highest BCUT2D eigenvalue weighted by Crippen LogP contribution is 2.33. The number of alkyl halides is 3. The molecule has 0 atom stereocenters. The number of benzene rings is 1. The molecule has 2 aromatic heterocycles. The Morgan fingerprint density at radius 1 is 1.07 bits per heavy atom. The van der Waals surface area contributed by atoms with Crippen LogP contribution >= 0.6 is 0 Å². The maximum absolute atomic E-state index is 13.6. The van der Waals surface area contributed by atoms with Crippen molar-refractivity contribution in [2.24, 2.45) is 0 Å². The van der Waals surface area contributed by atoms with Crippen molar-refractivity contribution in [2.75, 3.05) is 12.4 Å². The van der Waals surface area contributed by atoms with Gasteiger partial charge in [0.05, 0.1) is 11.8 Å². The predicted octanol–water partition coefficient (Wildman–Crippen LogP) is 1.59. The lowest BCUT2D eigenvalue weighted by molar-refractivity contribution is -0.143. The first-order valence-corrected chi connectivity index (χ1v) is 8.05. The van der Waals surface area contributed by atoms with Gasteiger partial charge in [0.25, 0.3) is 17.4 Å². The van der Waals surface area contributed by atoms with E-state index in [2.05, 4.69) is 20.8 Å². The number of halogens is 3. The van der Waals surface area contributed by atoms with Gasteiger partial charge in [-0.15, -0.1) is 0 Å². The Balaban J connectivity index is 1.94. The monoisotopic (exact) mass is 406 g/mol. The molecule has 3 aromatic rings. The molecule has 3 rings (SSSR count). The Bertz CT molecular complexity index is 1100. The number of carbonyl (C=O) groups is 2. The fourth-order valence-corrected chi connectivity index (χ4v) is 2.46. The summed E-state index contributed by atoms with van der Waals surface area (Å²) in [4.78, 5) is 35.0. The first-order valence-electron chi connectivity index (χ1n) is 8.05. The van der Waals surface area contributed by atoms with E-state index in [1.165, 1.54) is 31.3 Å². The van der Waals surface area contributed by atoms with Gasteiger partial charge >= 0.3 is 6.18 Å². The maximum Gasteiger partial charge on any atom is 0.434 e. The molecule has 0 bridgehead atoms. The highest BCUT2D eigenvalue weighted by Gasteiger charge is 2.41. The van der Waals surface area contributed by atoms with Gasteiger partial charge in [-0.2, -0.15) is 23.4 Å². The summed E-state index contributed by atoms with van der Waals surface area (Å²) in [6, 6.07) is 7.60. The molecular weight excluding hydrogens is 393 g/mol. The van der Waals surface area contributed by atoms with Crippen molar-refractivity contribution in [1.82, 2.24) is 25.3 Å². The first-order chi connectivity index (χ1) is 13.7. The van der Waals surface area contributed by atoms with Crippen LogP contribution in [0, 0.1) is 0 Å². The molecule has 1 aromatic carbocycles. The topological polar surface area (TPSA) is 122 Å². The Morgan fingerprint density at radius 2 is 1.76 bits per heavy atom. The molecule has 2 heterocycles. The highest BCUT2D eigenvalue weighted by atomic mass is 19.4. The third-order valence-corrected chi connectivity index (χ3v) is 3.80. The molecule has 3 N–H and O–H groups in total. The van der Waals surface area contributed by atoms with Crippen LogP contribution < -0.4 is 16.2 Å². The molecule has 0 aliphatic carbocycles. The summed E-state index contributed by atoms with van der Waals surface area (Å²) in [6.07, 6.45) is -4.17. The number of hydrogen-bond acceptors (Lipinski definition) is 5. The van der Waals surface area contributed by atoms with Gasteiger partial charge in [-0.3, -0.25) is 14.4 Å². The van der Waals surface area contributed by atoms with Crippen LogP contribution in [0.15, 0.2) is 47.4 Å². The van der Waals surface area contributed by atoms with Crippen LogP contribution in [0.4, 0.5) is 18.9 Å². The molecular formula is C17H13F3N6O3. The van der Waals surface area contributed by atoms with Gasteiger partial charge < -0.3 is 10.6 Å². The second-order valence-corrected chi connectivity index (χ2v) is 5.71. The zero-order valence-corrected chi connectivity index (χ0v) is 14.7. The molecule has 0 aliphatic heterocycles. The Morgan fingerprint density at radius 3 is 2.31 bits per heavy atom. The van der Waals surface area contributed by atoms with Crippen LogP contribution in [0.5, 0.6) is 0 Å². The van der Waals surface area contributed by atoms with E-state index >= 15 is 0 Å². The highest BCUT2D eigenvalue weighted by molar-refractivity contribution is 6.05. The lowest BCUT2D eigenvalue weighted by atomic mass is 10.1. The van der Waals surface area contributed by atoms with E-state index < -0.39 is 28.9 Å². The number of carbonyl (C=O) groups excluding carboxylic acids is 2. The number of aromatic amines is 1. The number of rotatable bonds is 4. The zero-order valence-electron chi connectivity index (χ0n) is 14.7. The summed E-state index contributed by atoms with van der Waals surface area (Å²) in [5, 5.41) is 13.9. The normalized spacial score (nSPS) is 11.2. The molecule has 0 fully saturated rings. The van der Waals surface area contributed by atoms with E-state index in [0.717, 1.165) is 18.3 Å². The van der Waals surface area contributed by atoms with Gasteiger partial charge in [0.1, 0.15) is 0 Å². The third kappa shape index (κ3) is 4.15. The lowest BCUT2D eigenvalue weighted by Crippen LogP contribution is -2.22. The first kappa shape index (κ1) is 19.8. The van der Waals surface area contributed by atoms with Crippen LogP contribution in [0.2, 0.25) is 0 Å². The number of aromatic nitrogens is 4. The quantitative estimate of drug-likeness (QED) is 0.607. The van der Waals surface area contributed by atoms with Crippen molar-refractivity contribution < 1.29 is 22.8 Å². The standard InChI is InChI=1S/C17H13F3N6O3/c1-21-15(28)9-2-4-10(5-3-9)23-16(29)11-8-22-26(14(11)17(18,19)20)12-6-7-13(27)25-24-12/h2-8H,1H3,(H,21,28)(H,23,29)(H,25,27). The van der Waals surface area contributed by atoms with Crippen LogP contribution in [-0.4, -0.2) is 38.8 Å². The molecule has 0 aliphatic rings. The van der Waals surface area contributed by atoms with Crippen molar-refractivity contribution in [3.05, 3.63) is 69.8 Å². The third-order valence-electron chi connectivity index (χ3n) is 3.80. The van der Waals surface area contributed by atoms with E-state index in [1.807, 2.05) is 5.10 Å². The summed E-state index contributed by atoms with van der Waals surface area (Å²) in [5.41, 5.74) is -2.19. The minimum Gasteiger partial charge on any atom is -0.355 e. The van der Waals surface area contributed by atoms with Crippen LogP contribution in [0.1, 0.15) is 26.4 Å². The molecule has 0 unspecified atom stereocenters. The molecule has 0 radical (unpaired) electrons. The Labute approximate surface area is 160 Å². The Kier molecular flexibility index (Phi) is 5.17. The second kappa shape index (κ2) is 7.58. The van der Waals surface area contributed by atoms with Crippen molar-refractivity contribution in [1.29, 1.82) is 0 Å². The minimum atomic E-state index is -4.93. The van der Waals surface area contributed by atoms with Gasteiger partial charge in [-0.1, -0.05) is 0 Å². The fourth-order valence-electron chi connectivity index (χ4n) is 2.46. The van der Waals surface area contributed by atoms with Gasteiger partial charge in [0.2, 0.25) is 0 Å². The van der Waals surface area contributed by atoms with Crippen LogP contribution in [0.3, 0.4) is 0 Å². The van der Waals surface area contributed by atoms with Crippen molar-refractivity contribution in [3.63, 3.8) is 0 Å². The van der Waals surface area contributed by atoms with Crippen LogP contribution in [-0.2, 0) is 6.18 Å². The van der Waals surface area contributed by atoms with E-state index in [9.17, 15) is 27.6 Å². The summed E-state index contributed by atoms with van der Waals surface area (Å²) in [7, 11) is 1.45. The predicted molar refractivity (Wildman–Crippen MR) is 94.8 cm³/mol. The van der Waals surface area contributed by atoms with Crippen molar-refractivity contribution >= 4 is 17.5 Å². The number of nitrogens with one attached hydrogen (secondary N) is 3. The molecule has 0 saturated carbocycles. The summed E-state index contributed by atoms with van der Waals surface area (Å²) < 4.78 is 41.2. The number of H-pyrrole nitrogens is 1. The minimum absolute atomic E-state index is 0.186.